The van der Waals surface area contributed by atoms with Crippen LogP contribution in [0.5, 0.6) is 17.2 Å². The third kappa shape index (κ3) is 4.72. The molecule has 2 N–H and O–H groups in total. The normalized spacial score (nSPS) is 26.3. The lowest BCUT2D eigenvalue weighted by atomic mass is 9.84. The first-order valence-electron chi connectivity index (χ1n) is 12.7. The Balaban J connectivity index is 1.16. The minimum atomic E-state index is -0.525. The second kappa shape index (κ2) is 9.85. The van der Waals surface area contributed by atoms with Crippen molar-refractivity contribution < 1.29 is 33.6 Å². The molecule has 4 heterocycles. The zero-order valence-corrected chi connectivity index (χ0v) is 20.7. The predicted octanol–water partition coefficient (Wildman–Crippen LogP) is 1.83. The third-order valence-corrected chi connectivity index (χ3v) is 7.65. The van der Waals surface area contributed by atoms with E-state index < -0.39 is 6.10 Å². The van der Waals surface area contributed by atoms with E-state index in [4.69, 9.17) is 18.9 Å². The van der Waals surface area contributed by atoms with E-state index in [-0.39, 0.29) is 49.8 Å². The van der Waals surface area contributed by atoms with Crippen LogP contribution in [0.1, 0.15) is 34.7 Å². The van der Waals surface area contributed by atoms with E-state index in [0.717, 1.165) is 31.7 Å². The van der Waals surface area contributed by atoms with Gasteiger partial charge in [-0.05, 0) is 49.9 Å². The van der Waals surface area contributed by atoms with Crippen LogP contribution in [0.4, 0.5) is 5.69 Å². The van der Waals surface area contributed by atoms with E-state index in [1.807, 2.05) is 17.0 Å². The van der Waals surface area contributed by atoms with Crippen LogP contribution in [-0.2, 0) is 9.53 Å². The summed E-state index contributed by atoms with van der Waals surface area (Å²) in [6.07, 6.45) is -0.295. The van der Waals surface area contributed by atoms with Crippen molar-refractivity contribution >= 4 is 17.5 Å². The standard InChI is InChI=1S/C27H31N3O7/c1-29-6-8-30(9-7-29)25(32)13-18-12-20-19-11-17(3-5-21(19)37-26(20)24(14-31)36-18)28-27(33)16-2-4-22-23(10-16)35-15-34-22/h2-5,10-11,18,20,24,26,31H,6-9,12-15H2,1H3,(H,28,33)/t18-,20+,24-,26-/m0/s1. The summed E-state index contributed by atoms with van der Waals surface area (Å²) < 4.78 is 23.0. The van der Waals surface area contributed by atoms with E-state index in [2.05, 4.69) is 17.3 Å². The van der Waals surface area contributed by atoms with Crippen LogP contribution in [0, 0.1) is 0 Å². The number of hydrogen-bond acceptors (Lipinski definition) is 8. The van der Waals surface area contributed by atoms with Crippen LogP contribution in [0.15, 0.2) is 36.4 Å². The van der Waals surface area contributed by atoms with Crippen molar-refractivity contribution in [1.82, 2.24) is 9.80 Å². The molecule has 0 saturated carbocycles. The predicted molar refractivity (Wildman–Crippen MR) is 133 cm³/mol. The Morgan fingerprint density at radius 2 is 1.81 bits per heavy atom. The molecular weight excluding hydrogens is 478 g/mol. The summed E-state index contributed by atoms with van der Waals surface area (Å²) in [5.74, 6) is 1.66. The van der Waals surface area contributed by atoms with Gasteiger partial charge in [0.15, 0.2) is 11.5 Å². The first-order valence-corrected chi connectivity index (χ1v) is 12.7. The summed E-state index contributed by atoms with van der Waals surface area (Å²) in [5, 5.41) is 13.0. The van der Waals surface area contributed by atoms with Gasteiger partial charge < -0.3 is 39.2 Å². The fourth-order valence-electron chi connectivity index (χ4n) is 5.59. The zero-order chi connectivity index (χ0) is 25.5. The second-order valence-electron chi connectivity index (χ2n) is 10.1. The van der Waals surface area contributed by atoms with Gasteiger partial charge in [0.25, 0.3) is 5.91 Å². The van der Waals surface area contributed by atoms with Crippen molar-refractivity contribution in [2.75, 3.05) is 51.9 Å². The van der Waals surface area contributed by atoms with Gasteiger partial charge in [0, 0.05) is 48.9 Å². The Labute approximate surface area is 215 Å². The summed E-state index contributed by atoms with van der Waals surface area (Å²) >= 11 is 0. The van der Waals surface area contributed by atoms with Crippen molar-refractivity contribution in [2.45, 2.75) is 37.1 Å². The monoisotopic (exact) mass is 509 g/mol. The van der Waals surface area contributed by atoms with Gasteiger partial charge in [0.05, 0.1) is 19.1 Å². The summed E-state index contributed by atoms with van der Waals surface area (Å²) in [6, 6.07) is 10.6. The molecule has 37 heavy (non-hydrogen) atoms. The quantitative estimate of drug-likeness (QED) is 0.629. The van der Waals surface area contributed by atoms with Crippen LogP contribution in [0.3, 0.4) is 0 Å². The average molecular weight is 510 g/mol. The number of fused-ring (bicyclic) bond motifs is 4. The van der Waals surface area contributed by atoms with Gasteiger partial charge in [-0.15, -0.1) is 0 Å². The Hall–Kier alpha value is -3.34. The summed E-state index contributed by atoms with van der Waals surface area (Å²) in [5.41, 5.74) is 2.06. The Morgan fingerprint density at radius 3 is 2.62 bits per heavy atom. The molecule has 10 heteroatoms. The summed E-state index contributed by atoms with van der Waals surface area (Å²) in [6.45, 7) is 3.12. The maximum atomic E-state index is 13.0. The summed E-state index contributed by atoms with van der Waals surface area (Å²) in [7, 11) is 2.06. The molecule has 10 nitrogen and oxygen atoms in total. The van der Waals surface area contributed by atoms with E-state index in [9.17, 15) is 14.7 Å². The van der Waals surface area contributed by atoms with Crippen LogP contribution >= 0.6 is 0 Å². The lowest BCUT2D eigenvalue weighted by molar-refractivity contribution is -0.150. The number of carbonyl (C=O) groups is 2. The molecule has 0 aliphatic carbocycles. The second-order valence-corrected chi connectivity index (χ2v) is 10.1. The number of anilines is 1. The number of ether oxygens (including phenoxy) is 4. The van der Waals surface area contributed by atoms with Gasteiger partial charge >= 0.3 is 0 Å². The minimum Gasteiger partial charge on any atom is -0.487 e. The number of piperazine rings is 1. The fourth-order valence-corrected chi connectivity index (χ4v) is 5.59. The lowest BCUT2D eigenvalue weighted by Crippen LogP contribution is -2.50. The molecule has 2 aromatic rings. The number of amides is 2. The average Bonchev–Trinajstić information content (AvgIpc) is 3.52. The number of nitrogens with one attached hydrogen (secondary N) is 1. The van der Waals surface area contributed by atoms with Gasteiger partial charge in [0.2, 0.25) is 12.7 Å². The first-order chi connectivity index (χ1) is 18.0. The number of aliphatic hydroxyl groups excluding tert-OH is 1. The number of aliphatic hydroxyl groups is 1. The topological polar surface area (TPSA) is 110 Å². The largest absolute Gasteiger partial charge is 0.487 e. The molecule has 2 fully saturated rings. The number of nitrogens with zero attached hydrogens (tertiary/aromatic N) is 2. The molecule has 0 bridgehead atoms. The smallest absolute Gasteiger partial charge is 0.255 e. The Morgan fingerprint density at radius 1 is 1.03 bits per heavy atom. The van der Waals surface area contributed by atoms with Crippen molar-refractivity contribution in [3.63, 3.8) is 0 Å². The van der Waals surface area contributed by atoms with Crippen LogP contribution in [0.2, 0.25) is 0 Å². The van der Waals surface area contributed by atoms with Gasteiger partial charge in [-0.1, -0.05) is 0 Å². The van der Waals surface area contributed by atoms with Crippen molar-refractivity contribution in [1.29, 1.82) is 0 Å². The SMILES string of the molecule is CN1CCN(C(=O)C[C@@H]2C[C@@H]3c4cc(NC(=O)c5ccc6c(c5)OCO6)ccc4O[C@@H]3[C@H](CO)O2)CC1. The third-order valence-electron chi connectivity index (χ3n) is 7.65. The molecular formula is C27H31N3O7. The van der Waals surface area contributed by atoms with Crippen LogP contribution < -0.4 is 19.5 Å². The zero-order valence-electron chi connectivity index (χ0n) is 20.7. The number of carbonyl (C=O) groups excluding carboxylic acids is 2. The number of benzene rings is 2. The van der Waals surface area contributed by atoms with Crippen LogP contribution in [-0.4, -0.2) is 91.7 Å². The molecule has 0 radical (unpaired) electrons. The van der Waals surface area contributed by atoms with E-state index >= 15 is 0 Å². The van der Waals surface area contributed by atoms with E-state index in [0.29, 0.717) is 34.9 Å². The Bertz CT molecular complexity index is 1200. The molecule has 4 atom stereocenters. The highest BCUT2D eigenvalue weighted by molar-refractivity contribution is 6.04. The summed E-state index contributed by atoms with van der Waals surface area (Å²) in [4.78, 5) is 30.0. The number of hydrogen-bond donors (Lipinski definition) is 2. The van der Waals surface area contributed by atoms with Gasteiger partial charge in [-0.2, -0.15) is 0 Å². The highest BCUT2D eigenvalue weighted by Gasteiger charge is 2.46. The van der Waals surface area contributed by atoms with E-state index in [1.165, 1.54) is 0 Å². The highest BCUT2D eigenvalue weighted by atomic mass is 16.7. The molecule has 2 saturated heterocycles. The maximum absolute atomic E-state index is 13.0. The molecule has 2 aromatic carbocycles. The molecule has 0 aromatic heterocycles. The molecule has 2 amide bonds. The molecule has 0 spiro atoms. The fraction of sp³-hybridized carbons (Fsp3) is 0.481. The molecule has 196 valence electrons. The van der Waals surface area contributed by atoms with Crippen molar-refractivity contribution in [3.05, 3.63) is 47.5 Å². The van der Waals surface area contributed by atoms with Crippen molar-refractivity contribution in [2.24, 2.45) is 0 Å². The molecule has 0 unspecified atom stereocenters. The van der Waals surface area contributed by atoms with Gasteiger partial charge in [-0.25, -0.2) is 0 Å². The molecule has 4 aliphatic rings. The minimum absolute atomic E-state index is 0.0476. The molecule has 4 aliphatic heterocycles. The number of rotatable bonds is 5. The molecule has 6 rings (SSSR count). The first kappa shape index (κ1) is 24.0. The van der Waals surface area contributed by atoms with Gasteiger partial charge in [0.1, 0.15) is 18.0 Å². The maximum Gasteiger partial charge on any atom is 0.255 e. The highest BCUT2D eigenvalue weighted by Crippen LogP contribution is 2.47. The van der Waals surface area contributed by atoms with Gasteiger partial charge in [-0.3, -0.25) is 9.59 Å². The lowest BCUT2D eigenvalue weighted by Gasteiger charge is -2.38. The number of likely N-dealkylation sites (N-methyl/N-ethyl adjacent to an activating group) is 1. The Kier molecular flexibility index (Phi) is 6.39. The van der Waals surface area contributed by atoms with Crippen molar-refractivity contribution in [3.8, 4) is 17.2 Å². The van der Waals surface area contributed by atoms with E-state index in [1.54, 1.807) is 24.3 Å². The van der Waals surface area contributed by atoms with Crippen LogP contribution in [0.25, 0.3) is 0 Å².